The number of benzene rings is 7. The summed E-state index contributed by atoms with van der Waals surface area (Å²) in [6.07, 6.45) is 0. The summed E-state index contributed by atoms with van der Waals surface area (Å²) in [5.41, 5.74) is 11.0. The summed E-state index contributed by atoms with van der Waals surface area (Å²) in [7, 11) is 0. The van der Waals surface area contributed by atoms with Crippen LogP contribution in [0.5, 0.6) is 0 Å². The number of rotatable bonds is 3. The molecule has 9 rings (SSSR count). The molecule has 0 saturated heterocycles. The molecule has 2 aliphatic carbocycles. The number of hydrogen-bond acceptors (Lipinski definition) is 0. The minimum atomic E-state index is 0.224. The van der Waals surface area contributed by atoms with E-state index in [9.17, 15) is 0 Å². The highest BCUT2D eigenvalue weighted by Gasteiger charge is 2.42. The lowest BCUT2D eigenvalue weighted by Crippen LogP contribution is -2.38. The highest BCUT2D eigenvalue weighted by Crippen LogP contribution is 2.57. The fourth-order valence-corrected chi connectivity index (χ4v) is 7.88. The van der Waals surface area contributed by atoms with Crippen LogP contribution < -0.4 is 10.4 Å². The molecule has 0 N–H and O–H groups in total. The van der Waals surface area contributed by atoms with Crippen molar-refractivity contribution in [3.05, 3.63) is 190 Å². The maximum Gasteiger partial charge on any atom is 0.0218 e. The zero-order valence-electron chi connectivity index (χ0n) is 23.2. The number of hydrogen-bond donors (Lipinski definition) is 0. The third kappa shape index (κ3) is 3.30. The summed E-state index contributed by atoms with van der Waals surface area (Å²) < 4.78 is 0. The topological polar surface area (TPSA) is 0 Å². The molecule has 7 aromatic rings. The van der Waals surface area contributed by atoms with Crippen molar-refractivity contribution in [2.45, 2.75) is 11.8 Å². The molecule has 0 heteroatoms. The average Bonchev–Trinajstić information content (AvgIpc) is 3.39. The summed E-state index contributed by atoms with van der Waals surface area (Å²) in [6, 6.07) is 58.5. The first-order valence-electron chi connectivity index (χ1n) is 14.9. The molecule has 0 amide bonds. The van der Waals surface area contributed by atoms with Crippen LogP contribution in [0.25, 0.3) is 43.8 Å². The highest BCUT2D eigenvalue weighted by atomic mass is 14.4. The summed E-state index contributed by atoms with van der Waals surface area (Å²) in [5.74, 6) is 0.466. The van der Waals surface area contributed by atoms with E-state index in [4.69, 9.17) is 0 Å². The van der Waals surface area contributed by atoms with Crippen molar-refractivity contribution >= 4 is 32.7 Å². The fraction of sp³-hybridized carbons (Fsp3) is 0.0476. The Kier molecular flexibility index (Phi) is 5.12. The Morgan fingerprint density at radius 3 is 1.50 bits per heavy atom. The average molecular weight is 533 g/mol. The lowest BCUT2D eigenvalue weighted by molar-refractivity contribution is 0.792. The molecule has 2 atom stereocenters. The minimum absolute atomic E-state index is 0.224. The molecular formula is C42H28. The number of fused-ring (bicyclic) bond motifs is 5. The van der Waals surface area contributed by atoms with Gasteiger partial charge in [-0.3, -0.25) is 0 Å². The lowest BCUT2D eigenvalue weighted by Gasteiger charge is -2.32. The quantitative estimate of drug-likeness (QED) is 0.213. The van der Waals surface area contributed by atoms with E-state index in [1.165, 1.54) is 76.5 Å². The van der Waals surface area contributed by atoms with Gasteiger partial charge in [-0.05, 0) is 76.5 Å². The second kappa shape index (κ2) is 9.16. The maximum atomic E-state index is 2.39. The molecule has 2 aliphatic rings. The van der Waals surface area contributed by atoms with Gasteiger partial charge in [0.25, 0.3) is 0 Å². The van der Waals surface area contributed by atoms with E-state index in [1.54, 1.807) is 0 Å². The first kappa shape index (κ1) is 23.5. The van der Waals surface area contributed by atoms with Gasteiger partial charge in [0.1, 0.15) is 0 Å². The Labute approximate surface area is 245 Å². The molecule has 0 nitrogen and oxygen atoms in total. The van der Waals surface area contributed by atoms with E-state index in [2.05, 4.69) is 158 Å². The van der Waals surface area contributed by atoms with Crippen LogP contribution in [-0.4, -0.2) is 0 Å². The first-order valence-corrected chi connectivity index (χ1v) is 14.9. The van der Waals surface area contributed by atoms with Crippen LogP contribution in [0.3, 0.4) is 0 Å². The second-order valence-corrected chi connectivity index (χ2v) is 11.6. The van der Waals surface area contributed by atoms with Gasteiger partial charge in [-0.2, -0.15) is 0 Å². The molecule has 0 bridgehead atoms. The maximum absolute atomic E-state index is 2.39. The van der Waals surface area contributed by atoms with Gasteiger partial charge < -0.3 is 0 Å². The summed E-state index contributed by atoms with van der Waals surface area (Å²) >= 11 is 0. The van der Waals surface area contributed by atoms with Crippen molar-refractivity contribution in [3.63, 3.8) is 0 Å². The van der Waals surface area contributed by atoms with Gasteiger partial charge in [0.2, 0.25) is 0 Å². The molecule has 0 aliphatic heterocycles. The predicted octanol–water partition coefficient (Wildman–Crippen LogP) is 8.95. The third-order valence-electron chi connectivity index (χ3n) is 9.49. The van der Waals surface area contributed by atoms with Crippen molar-refractivity contribution in [1.29, 1.82) is 0 Å². The largest absolute Gasteiger partial charge is 0.0622 e. The molecule has 0 saturated carbocycles. The van der Waals surface area contributed by atoms with Gasteiger partial charge in [-0.1, -0.05) is 158 Å². The van der Waals surface area contributed by atoms with Crippen molar-refractivity contribution in [3.8, 4) is 11.1 Å². The zero-order chi connectivity index (χ0) is 27.6. The molecular weight excluding hydrogens is 504 g/mol. The Balaban J connectivity index is 1.45. The highest BCUT2D eigenvalue weighted by molar-refractivity contribution is 6.06. The van der Waals surface area contributed by atoms with E-state index >= 15 is 0 Å². The van der Waals surface area contributed by atoms with Crippen LogP contribution in [-0.2, 0) is 0 Å². The standard InChI is InChI=1S/C42H28/c1-3-13-27(14-4-1)30-25-26-35(32-20-8-7-19-31(30)32)40-34-22-10-9-21-33(34)39(29-15-5-2-6-16-29)41-36-23-11-17-28-18-12-24-37(38(28)36)42(40)41/h1-26,41-42H. The molecule has 0 fully saturated rings. The van der Waals surface area contributed by atoms with Crippen molar-refractivity contribution in [1.82, 2.24) is 0 Å². The SMILES string of the molecule is c1ccc(C2=c3ccccc3=C(c3ccc(-c4ccccc4)c4ccccc34)C3c4cccc5cccc(c45)C23)cc1. The van der Waals surface area contributed by atoms with Gasteiger partial charge in [0.05, 0.1) is 0 Å². The minimum Gasteiger partial charge on any atom is -0.0622 e. The van der Waals surface area contributed by atoms with Gasteiger partial charge in [0.15, 0.2) is 0 Å². The van der Waals surface area contributed by atoms with E-state index < -0.39 is 0 Å². The van der Waals surface area contributed by atoms with E-state index in [1.807, 2.05) is 0 Å². The third-order valence-corrected chi connectivity index (χ3v) is 9.49. The predicted molar refractivity (Wildman–Crippen MR) is 176 cm³/mol. The van der Waals surface area contributed by atoms with Crippen molar-refractivity contribution in [2.75, 3.05) is 0 Å². The normalized spacial score (nSPS) is 17.0. The zero-order valence-corrected chi connectivity index (χ0v) is 23.2. The molecule has 42 heavy (non-hydrogen) atoms. The Hall–Kier alpha value is -5.20. The summed E-state index contributed by atoms with van der Waals surface area (Å²) in [4.78, 5) is 0. The van der Waals surface area contributed by atoms with Gasteiger partial charge >= 0.3 is 0 Å². The molecule has 0 spiro atoms. The van der Waals surface area contributed by atoms with Gasteiger partial charge in [-0.25, -0.2) is 0 Å². The molecule has 7 aromatic carbocycles. The Bertz CT molecular complexity index is 2290. The molecule has 0 radical (unpaired) electrons. The lowest BCUT2D eigenvalue weighted by atomic mass is 9.70. The monoisotopic (exact) mass is 532 g/mol. The first-order chi connectivity index (χ1) is 20.9. The van der Waals surface area contributed by atoms with Crippen LogP contribution >= 0.6 is 0 Å². The second-order valence-electron chi connectivity index (χ2n) is 11.6. The fourth-order valence-electron chi connectivity index (χ4n) is 7.88. The van der Waals surface area contributed by atoms with E-state index in [-0.39, 0.29) is 11.8 Å². The smallest absolute Gasteiger partial charge is 0.0218 e. The summed E-state index contributed by atoms with van der Waals surface area (Å²) in [5, 5.41) is 8.07. The van der Waals surface area contributed by atoms with Gasteiger partial charge in [0, 0.05) is 11.8 Å². The van der Waals surface area contributed by atoms with Crippen molar-refractivity contribution in [2.24, 2.45) is 0 Å². The van der Waals surface area contributed by atoms with Gasteiger partial charge in [-0.15, -0.1) is 0 Å². The van der Waals surface area contributed by atoms with Crippen LogP contribution in [0.2, 0.25) is 0 Å². The Morgan fingerprint density at radius 1 is 0.333 bits per heavy atom. The van der Waals surface area contributed by atoms with Crippen LogP contribution in [0, 0.1) is 0 Å². The Morgan fingerprint density at radius 2 is 0.833 bits per heavy atom. The van der Waals surface area contributed by atoms with Crippen LogP contribution in [0.4, 0.5) is 0 Å². The van der Waals surface area contributed by atoms with Crippen LogP contribution in [0.1, 0.15) is 34.1 Å². The summed E-state index contributed by atoms with van der Waals surface area (Å²) in [6.45, 7) is 0. The molecule has 196 valence electrons. The van der Waals surface area contributed by atoms with E-state index in [0.29, 0.717) is 0 Å². The van der Waals surface area contributed by atoms with E-state index in [0.717, 1.165) is 0 Å². The van der Waals surface area contributed by atoms with Crippen molar-refractivity contribution < 1.29 is 0 Å². The molecule has 0 aromatic heterocycles. The molecule has 2 unspecified atom stereocenters. The molecule has 0 heterocycles. The van der Waals surface area contributed by atoms with Crippen LogP contribution in [0.15, 0.2) is 158 Å².